The summed E-state index contributed by atoms with van der Waals surface area (Å²) in [4.78, 5) is 18.4. The zero-order chi connectivity index (χ0) is 14.9. The van der Waals surface area contributed by atoms with Crippen molar-refractivity contribution in [2.24, 2.45) is 0 Å². The lowest BCUT2D eigenvalue weighted by atomic mass is 9.82. The fraction of sp³-hybridized carbons (Fsp3) is 0.625. The van der Waals surface area contributed by atoms with Gasteiger partial charge in [0.2, 0.25) is 0 Å². The minimum Gasteiger partial charge on any atom is -0.390 e. The summed E-state index contributed by atoms with van der Waals surface area (Å²) in [6.45, 7) is 3.90. The molecule has 2 saturated heterocycles. The number of nitrogens with zero attached hydrogens (tertiary/aromatic N) is 2. The third-order valence-corrected chi connectivity index (χ3v) is 4.64. The van der Waals surface area contributed by atoms with Crippen LogP contribution in [-0.2, 0) is 4.74 Å². The number of carbonyl (C=O) groups excluding carboxylic acids is 1. The highest BCUT2D eigenvalue weighted by Gasteiger charge is 2.44. The molecule has 2 fully saturated rings. The summed E-state index contributed by atoms with van der Waals surface area (Å²) in [5.41, 5.74) is 1.19. The Bertz CT molecular complexity index is 524. The molecule has 5 nitrogen and oxygen atoms in total. The Balaban J connectivity index is 1.67. The number of hydrogen-bond donors (Lipinski definition) is 1. The molecular weight excluding hydrogens is 268 g/mol. The largest absolute Gasteiger partial charge is 0.390 e. The maximum atomic E-state index is 12.5. The van der Waals surface area contributed by atoms with Crippen LogP contribution in [0.1, 0.15) is 41.6 Å². The maximum Gasteiger partial charge on any atom is 0.255 e. The summed E-state index contributed by atoms with van der Waals surface area (Å²) in [5, 5.41) is 10.2. The Kier molecular flexibility index (Phi) is 3.95. The molecule has 1 aromatic rings. The first-order chi connectivity index (χ1) is 10.1. The molecule has 5 heteroatoms. The normalized spacial score (nSPS) is 25.0. The van der Waals surface area contributed by atoms with Gasteiger partial charge in [0, 0.05) is 32.1 Å². The number of ether oxygens (including phenoxy) is 1. The van der Waals surface area contributed by atoms with Crippen LogP contribution in [-0.4, -0.2) is 52.3 Å². The van der Waals surface area contributed by atoms with E-state index >= 15 is 0 Å². The Labute approximate surface area is 124 Å². The molecule has 2 aliphatic heterocycles. The SMILES string of the molecule is Cc1cncc(C(=O)N2CCC3(CC2)OCCC[C@H]3O)c1. The van der Waals surface area contributed by atoms with Crippen molar-refractivity contribution in [1.82, 2.24) is 9.88 Å². The number of carbonyl (C=O) groups is 1. The second-order valence-corrected chi connectivity index (χ2v) is 6.11. The van der Waals surface area contributed by atoms with Gasteiger partial charge in [0.05, 0.1) is 17.3 Å². The highest BCUT2D eigenvalue weighted by Crippen LogP contribution is 2.35. The quantitative estimate of drug-likeness (QED) is 0.852. The van der Waals surface area contributed by atoms with E-state index in [2.05, 4.69) is 4.98 Å². The van der Waals surface area contributed by atoms with Crippen LogP contribution < -0.4 is 0 Å². The van der Waals surface area contributed by atoms with Crippen molar-refractivity contribution in [3.8, 4) is 0 Å². The lowest BCUT2D eigenvalue weighted by molar-refractivity contribution is -0.174. The molecule has 1 atom stereocenters. The molecule has 3 rings (SSSR count). The van der Waals surface area contributed by atoms with Crippen molar-refractivity contribution in [2.45, 2.75) is 44.3 Å². The lowest BCUT2D eigenvalue weighted by Gasteiger charge is -2.46. The topological polar surface area (TPSA) is 62.7 Å². The Morgan fingerprint density at radius 1 is 1.43 bits per heavy atom. The van der Waals surface area contributed by atoms with E-state index in [0.29, 0.717) is 38.1 Å². The van der Waals surface area contributed by atoms with Gasteiger partial charge in [-0.05, 0) is 44.2 Å². The average molecular weight is 290 g/mol. The predicted molar refractivity (Wildman–Crippen MR) is 78.0 cm³/mol. The van der Waals surface area contributed by atoms with Gasteiger partial charge < -0.3 is 14.7 Å². The van der Waals surface area contributed by atoms with Crippen LogP contribution in [0.2, 0.25) is 0 Å². The zero-order valence-electron chi connectivity index (χ0n) is 12.4. The van der Waals surface area contributed by atoms with E-state index in [0.717, 1.165) is 18.4 Å². The Hall–Kier alpha value is -1.46. The van der Waals surface area contributed by atoms with Gasteiger partial charge in [0.25, 0.3) is 5.91 Å². The highest BCUT2D eigenvalue weighted by atomic mass is 16.5. The molecule has 114 valence electrons. The van der Waals surface area contributed by atoms with Gasteiger partial charge in [-0.2, -0.15) is 0 Å². The van der Waals surface area contributed by atoms with Crippen molar-refractivity contribution in [2.75, 3.05) is 19.7 Å². The molecule has 2 aliphatic rings. The van der Waals surface area contributed by atoms with Crippen LogP contribution in [0.25, 0.3) is 0 Å². The van der Waals surface area contributed by atoms with Crippen molar-refractivity contribution >= 4 is 5.91 Å². The molecule has 1 amide bonds. The maximum absolute atomic E-state index is 12.5. The Morgan fingerprint density at radius 2 is 2.19 bits per heavy atom. The van der Waals surface area contributed by atoms with E-state index in [-0.39, 0.29) is 5.91 Å². The van der Waals surface area contributed by atoms with Gasteiger partial charge in [0.15, 0.2) is 0 Å². The van der Waals surface area contributed by atoms with Crippen LogP contribution in [0.3, 0.4) is 0 Å². The number of aryl methyl sites for hydroxylation is 1. The lowest BCUT2D eigenvalue weighted by Crippen LogP contribution is -2.56. The molecule has 0 radical (unpaired) electrons. The van der Waals surface area contributed by atoms with Gasteiger partial charge in [-0.15, -0.1) is 0 Å². The van der Waals surface area contributed by atoms with E-state index in [1.54, 1.807) is 12.4 Å². The number of aromatic nitrogens is 1. The van der Waals surface area contributed by atoms with E-state index in [1.165, 1.54) is 0 Å². The summed E-state index contributed by atoms with van der Waals surface area (Å²) in [7, 11) is 0. The predicted octanol–water partition coefficient (Wildman–Crippen LogP) is 1.54. The van der Waals surface area contributed by atoms with Crippen LogP contribution >= 0.6 is 0 Å². The number of rotatable bonds is 1. The van der Waals surface area contributed by atoms with Gasteiger partial charge in [-0.3, -0.25) is 9.78 Å². The molecule has 0 aliphatic carbocycles. The zero-order valence-corrected chi connectivity index (χ0v) is 12.4. The van der Waals surface area contributed by atoms with Crippen molar-refractivity contribution in [3.63, 3.8) is 0 Å². The molecule has 0 aromatic carbocycles. The van der Waals surface area contributed by atoms with Crippen molar-refractivity contribution < 1.29 is 14.6 Å². The summed E-state index contributed by atoms with van der Waals surface area (Å²) in [6.07, 6.45) is 6.10. The third-order valence-electron chi connectivity index (χ3n) is 4.64. The van der Waals surface area contributed by atoms with Crippen molar-refractivity contribution in [1.29, 1.82) is 0 Å². The first kappa shape index (κ1) is 14.5. The smallest absolute Gasteiger partial charge is 0.255 e. The fourth-order valence-electron chi connectivity index (χ4n) is 3.33. The molecule has 1 N–H and O–H groups in total. The van der Waals surface area contributed by atoms with Gasteiger partial charge in [0.1, 0.15) is 0 Å². The number of amides is 1. The van der Waals surface area contributed by atoms with Crippen LogP contribution in [0, 0.1) is 6.92 Å². The standard InChI is InChI=1S/C16H22N2O3/c1-12-9-13(11-17-10-12)15(20)18-6-4-16(5-7-18)14(19)3-2-8-21-16/h9-11,14,19H,2-8H2,1H3/t14-/m1/s1. The van der Waals surface area contributed by atoms with Gasteiger partial charge >= 0.3 is 0 Å². The first-order valence-electron chi connectivity index (χ1n) is 7.64. The first-order valence-corrected chi connectivity index (χ1v) is 7.64. The molecule has 0 unspecified atom stereocenters. The number of aliphatic hydroxyl groups is 1. The minimum absolute atomic E-state index is 0.0198. The molecule has 3 heterocycles. The summed E-state index contributed by atoms with van der Waals surface area (Å²) >= 11 is 0. The molecule has 21 heavy (non-hydrogen) atoms. The Morgan fingerprint density at radius 3 is 2.86 bits per heavy atom. The van der Waals surface area contributed by atoms with E-state index < -0.39 is 11.7 Å². The average Bonchev–Trinajstić information content (AvgIpc) is 2.50. The summed E-state index contributed by atoms with van der Waals surface area (Å²) in [5.74, 6) is 0.0198. The molecule has 1 spiro atoms. The molecule has 0 bridgehead atoms. The second-order valence-electron chi connectivity index (χ2n) is 6.11. The number of likely N-dealkylation sites (tertiary alicyclic amines) is 1. The summed E-state index contributed by atoms with van der Waals surface area (Å²) < 4.78 is 5.87. The third kappa shape index (κ3) is 2.80. The summed E-state index contributed by atoms with van der Waals surface area (Å²) in [6, 6.07) is 1.87. The highest BCUT2D eigenvalue weighted by molar-refractivity contribution is 5.94. The number of piperidine rings is 1. The van der Waals surface area contributed by atoms with E-state index in [1.807, 2.05) is 17.9 Å². The second kappa shape index (κ2) is 5.73. The van der Waals surface area contributed by atoms with Gasteiger partial charge in [-0.1, -0.05) is 0 Å². The van der Waals surface area contributed by atoms with Crippen molar-refractivity contribution in [3.05, 3.63) is 29.6 Å². The van der Waals surface area contributed by atoms with Gasteiger partial charge in [-0.25, -0.2) is 0 Å². The fourth-order valence-corrected chi connectivity index (χ4v) is 3.33. The minimum atomic E-state index is -0.431. The molecular formula is C16H22N2O3. The number of aliphatic hydroxyl groups excluding tert-OH is 1. The number of pyridine rings is 1. The molecule has 0 saturated carbocycles. The number of hydrogen-bond acceptors (Lipinski definition) is 4. The van der Waals surface area contributed by atoms with E-state index in [9.17, 15) is 9.90 Å². The monoisotopic (exact) mass is 290 g/mol. The van der Waals surface area contributed by atoms with E-state index in [4.69, 9.17) is 4.74 Å². The van der Waals surface area contributed by atoms with Crippen LogP contribution in [0.5, 0.6) is 0 Å². The molecule has 1 aromatic heterocycles. The van der Waals surface area contributed by atoms with Crippen LogP contribution in [0.15, 0.2) is 18.5 Å². The van der Waals surface area contributed by atoms with Crippen LogP contribution in [0.4, 0.5) is 0 Å².